The molecule has 16 heavy (non-hydrogen) atoms. The van der Waals surface area contributed by atoms with Gasteiger partial charge < -0.3 is 0 Å². The first-order valence-corrected chi connectivity index (χ1v) is 5.36. The van der Waals surface area contributed by atoms with E-state index < -0.39 is 0 Å². The van der Waals surface area contributed by atoms with Crippen LogP contribution in [0, 0.1) is 0 Å². The molecule has 0 saturated heterocycles. The average molecular weight is 207 g/mol. The first-order valence-electron chi connectivity index (χ1n) is 5.36. The van der Waals surface area contributed by atoms with Crippen LogP contribution in [0.2, 0.25) is 0 Å². The van der Waals surface area contributed by atoms with E-state index in [2.05, 4.69) is 12.1 Å². The summed E-state index contributed by atoms with van der Waals surface area (Å²) in [5.41, 5.74) is 5.32. The summed E-state index contributed by atoms with van der Waals surface area (Å²) >= 11 is 0. The number of hydrogen-bond donors (Lipinski definition) is 0. The lowest BCUT2D eigenvalue weighted by molar-refractivity contribution is 0.303. The van der Waals surface area contributed by atoms with Crippen LogP contribution >= 0.6 is 0 Å². The Morgan fingerprint density at radius 1 is 0.750 bits per heavy atom. The summed E-state index contributed by atoms with van der Waals surface area (Å²) in [6, 6.07) is 16.2. The molecule has 1 heteroatoms. The summed E-state index contributed by atoms with van der Waals surface area (Å²) < 4.78 is 0. The van der Waals surface area contributed by atoms with E-state index in [1.807, 2.05) is 36.4 Å². The van der Waals surface area contributed by atoms with Crippen LogP contribution in [-0.2, 0) is 5.11 Å². The Morgan fingerprint density at radius 3 is 1.50 bits per heavy atom. The van der Waals surface area contributed by atoms with Gasteiger partial charge >= 0.3 is 0 Å². The van der Waals surface area contributed by atoms with E-state index in [1.165, 1.54) is 11.1 Å². The molecule has 1 aliphatic carbocycles. The third-order valence-electron chi connectivity index (χ3n) is 3.04. The molecule has 0 spiro atoms. The van der Waals surface area contributed by atoms with Crippen LogP contribution in [0.5, 0.6) is 0 Å². The monoisotopic (exact) mass is 207 g/mol. The van der Waals surface area contributed by atoms with Crippen molar-refractivity contribution in [1.29, 1.82) is 0 Å². The van der Waals surface area contributed by atoms with Crippen molar-refractivity contribution in [2.75, 3.05) is 0 Å². The molecule has 3 rings (SSSR count). The molecular weight excluding hydrogens is 196 g/mol. The molecule has 0 amide bonds. The molecule has 0 fully saturated rings. The predicted octanol–water partition coefficient (Wildman–Crippen LogP) is 3.88. The molecule has 1 nitrogen and oxygen atoms in total. The van der Waals surface area contributed by atoms with Crippen molar-refractivity contribution < 1.29 is 5.11 Å². The quantitative estimate of drug-likeness (QED) is 0.498. The fraction of sp³-hybridized carbons (Fsp3) is 0.0667. The molecule has 1 radical (unpaired) electrons. The van der Waals surface area contributed by atoms with E-state index in [0.717, 1.165) is 16.7 Å². The van der Waals surface area contributed by atoms with Crippen molar-refractivity contribution in [3.8, 4) is 11.1 Å². The van der Waals surface area contributed by atoms with Gasteiger partial charge in [0.25, 0.3) is 0 Å². The van der Waals surface area contributed by atoms with Crippen LogP contribution < -0.4 is 0 Å². The Hall–Kier alpha value is -2.02. The van der Waals surface area contributed by atoms with Gasteiger partial charge in [0.1, 0.15) is 0 Å². The molecule has 0 aliphatic heterocycles. The Bertz CT molecular complexity index is 542. The highest BCUT2D eigenvalue weighted by Gasteiger charge is 2.24. The Kier molecular flexibility index (Phi) is 1.87. The van der Waals surface area contributed by atoms with Crippen LogP contribution in [0.1, 0.15) is 18.1 Å². The van der Waals surface area contributed by atoms with Gasteiger partial charge in [-0.15, -0.1) is 0 Å². The van der Waals surface area contributed by atoms with Crippen molar-refractivity contribution in [3.63, 3.8) is 0 Å². The fourth-order valence-corrected chi connectivity index (χ4v) is 2.40. The van der Waals surface area contributed by atoms with Gasteiger partial charge in [0, 0.05) is 5.57 Å². The third-order valence-corrected chi connectivity index (χ3v) is 3.04. The van der Waals surface area contributed by atoms with Gasteiger partial charge in [-0.05, 0) is 29.2 Å². The number of allylic oxidation sites excluding steroid dienone is 1. The predicted molar refractivity (Wildman–Crippen MR) is 64.3 cm³/mol. The molecule has 2 aromatic rings. The van der Waals surface area contributed by atoms with Crippen LogP contribution in [0.25, 0.3) is 16.7 Å². The first kappa shape index (κ1) is 9.22. The lowest BCUT2D eigenvalue weighted by Gasteiger charge is -2.01. The summed E-state index contributed by atoms with van der Waals surface area (Å²) in [7, 11) is 0. The molecule has 0 N–H and O–H groups in total. The highest BCUT2D eigenvalue weighted by atomic mass is 16.3. The van der Waals surface area contributed by atoms with Gasteiger partial charge in [-0.3, -0.25) is 5.11 Å². The molecular formula is C15H11O. The van der Waals surface area contributed by atoms with E-state index in [-0.39, 0.29) is 5.76 Å². The zero-order chi connectivity index (χ0) is 11.1. The van der Waals surface area contributed by atoms with Gasteiger partial charge in [-0.1, -0.05) is 48.5 Å². The van der Waals surface area contributed by atoms with E-state index in [4.69, 9.17) is 0 Å². The van der Waals surface area contributed by atoms with Crippen molar-refractivity contribution in [3.05, 3.63) is 65.4 Å². The number of benzene rings is 2. The minimum atomic E-state index is 0.136. The van der Waals surface area contributed by atoms with Gasteiger partial charge in [-0.25, -0.2) is 0 Å². The van der Waals surface area contributed by atoms with Gasteiger partial charge in [0.2, 0.25) is 0 Å². The van der Waals surface area contributed by atoms with Gasteiger partial charge in [-0.2, -0.15) is 0 Å². The number of hydrogen-bond acceptors (Lipinski definition) is 0. The van der Waals surface area contributed by atoms with Gasteiger partial charge in [0.05, 0.1) is 0 Å². The second kappa shape index (κ2) is 3.24. The van der Waals surface area contributed by atoms with Crippen LogP contribution in [0.15, 0.2) is 54.3 Å². The SMILES string of the molecule is CC([O])=C1c2ccccc2-c2ccccc21. The summed E-state index contributed by atoms with van der Waals surface area (Å²) in [6.07, 6.45) is 0. The van der Waals surface area contributed by atoms with E-state index in [0.29, 0.717) is 0 Å². The molecule has 77 valence electrons. The molecule has 0 atom stereocenters. The summed E-state index contributed by atoms with van der Waals surface area (Å²) in [5.74, 6) is 0.136. The maximum atomic E-state index is 11.7. The van der Waals surface area contributed by atoms with Gasteiger partial charge in [0.15, 0.2) is 5.76 Å². The lowest BCUT2D eigenvalue weighted by Crippen LogP contribution is -1.84. The topological polar surface area (TPSA) is 19.9 Å². The van der Waals surface area contributed by atoms with Crippen LogP contribution in [-0.4, -0.2) is 0 Å². The second-order valence-corrected chi connectivity index (χ2v) is 4.02. The fourth-order valence-electron chi connectivity index (χ4n) is 2.40. The maximum absolute atomic E-state index is 11.7. The molecule has 1 aliphatic rings. The molecule has 2 aromatic carbocycles. The largest absolute Gasteiger partial charge is 0.294 e. The average Bonchev–Trinajstić information content (AvgIpc) is 2.63. The van der Waals surface area contributed by atoms with Crippen molar-refractivity contribution in [1.82, 2.24) is 0 Å². The maximum Gasteiger partial charge on any atom is 0.161 e. The Labute approximate surface area is 94.7 Å². The number of fused-ring (bicyclic) bond motifs is 3. The molecule has 0 aromatic heterocycles. The summed E-state index contributed by atoms with van der Waals surface area (Å²) in [6.45, 7) is 1.63. The molecule has 0 unspecified atom stereocenters. The summed E-state index contributed by atoms with van der Waals surface area (Å²) in [5, 5.41) is 11.7. The van der Waals surface area contributed by atoms with Crippen molar-refractivity contribution in [2.45, 2.75) is 6.92 Å². The minimum absolute atomic E-state index is 0.136. The normalized spacial score (nSPS) is 12.2. The molecule has 0 heterocycles. The first-order chi connectivity index (χ1) is 7.79. The standard InChI is InChI=1S/C15H11O/c1-10(16)15-13-8-4-2-6-11(13)12-7-3-5-9-14(12)15/h2-9H,1H3. The smallest absolute Gasteiger partial charge is 0.161 e. The van der Waals surface area contributed by atoms with E-state index in [1.54, 1.807) is 6.92 Å². The third kappa shape index (κ3) is 1.12. The van der Waals surface area contributed by atoms with E-state index in [9.17, 15) is 5.11 Å². The van der Waals surface area contributed by atoms with E-state index >= 15 is 0 Å². The Balaban J connectivity index is 2.44. The minimum Gasteiger partial charge on any atom is -0.294 e. The molecule has 0 bridgehead atoms. The van der Waals surface area contributed by atoms with Crippen LogP contribution in [0.4, 0.5) is 0 Å². The lowest BCUT2D eigenvalue weighted by atomic mass is 10.0. The molecule has 0 saturated carbocycles. The van der Waals surface area contributed by atoms with Crippen LogP contribution in [0.3, 0.4) is 0 Å². The Morgan fingerprint density at radius 2 is 1.12 bits per heavy atom. The van der Waals surface area contributed by atoms with Crippen molar-refractivity contribution in [2.24, 2.45) is 0 Å². The number of rotatable bonds is 0. The summed E-state index contributed by atoms with van der Waals surface area (Å²) in [4.78, 5) is 0. The highest BCUT2D eigenvalue weighted by Crippen LogP contribution is 2.44. The second-order valence-electron chi connectivity index (χ2n) is 4.02. The highest BCUT2D eigenvalue weighted by molar-refractivity contribution is 6.01. The zero-order valence-electron chi connectivity index (χ0n) is 9.03. The van der Waals surface area contributed by atoms with Crippen molar-refractivity contribution >= 4 is 5.57 Å². The zero-order valence-corrected chi connectivity index (χ0v) is 9.03.